The first-order chi connectivity index (χ1) is 5.06. The predicted molar refractivity (Wildman–Crippen MR) is 37.4 cm³/mol. The highest BCUT2D eigenvalue weighted by molar-refractivity contribution is 5.71. The molecule has 5 nitrogen and oxygen atoms in total. The first kappa shape index (κ1) is 9.90. The maximum atomic E-state index is 10.1. The molecule has 11 heavy (non-hydrogen) atoms. The molecule has 0 spiro atoms. The normalized spacial score (nSPS) is 10.0. The average molecular weight is 161 g/mol. The van der Waals surface area contributed by atoms with E-state index >= 15 is 0 Å². The number of carbonyl (C=O) groups is 2. The maximum Gasteiger partial charge on any atom is 0.304 e. The molecule has 0 bridgehead atoms. The van der Waals surface area contributed by atoms with Gasteiger partial charge in [0.1, 0.15) is 0 Å². The summed E-state index contributed by atoms with van der Waals surface area (Å²) < 4.78 is 0. The Morgan fingerprint density at radius 3 is 1.82 bits per heavy atom. The Morgan fingerprint density at radius 1 is 1.27 bits per heavy atom. The van der Waals surface area contributed by atoms with Gasteiger partial charge in [0.2, 0.25) is 0 Å². The SMILES string of the molecule is CNC(CC(=O)O)CC(=O)O. The zero-order valence-corrected chi connectivity index (χ0v) is 6.20. The zero-order valence-electron chi connectivity index (χ0n) is 6.20. The van der Waals surface area contributed by atoms with Gasteiger partial charge in [-0.05, 0) is 7.05 Å². The van der Waals surface area contributed by atoms with Crippen LogP contribution >= 0.6 is 0 Å². The third-order valence-corrected chi connectivity index (χ3v) is 1.25. The van der Waals surface area contributed by atoms with E-state index in [0.29, 0.717) is 0 Å². The first-order valence-electron chi connectivity index (χ1n) is 3.17. The summed E-state index contributed by atoms with van der Waals surface area (Å²) in [6, 6.07) is -0.481. The number of hydrogen-bond acceptors (Lipinski definition) is 3. The van der Waals surface area contributed by atoms with Gasteiger partial charge in [-0.15, -0.1) is 0 Å². The number of hydrogen-bond donors (Lipinski definition) is 3. The molecule has 0 aliphatic rings. The molecule has 0 aromatic heterocycles. The van der Waals surface area contributed by atoms with Crippen LogP contribution in [0.25, 0.3) is 0 Å². The van der Waals surface area contributed by atoms with E-state index in [-0.39, 0.29) is 12.8 Å². The minimum atomic E-state index is -0.995. The summed E-state index contributed by atoms with van der Waals surface area (Å²) in [6.45, 7) is 0. The van der Waals surface area contributed by atoms with Gasteiger partial charge in [0.05, 0.1) is 12.8 Å². The third-order valence-electron chi connectivity index (χ3n) is 1.25. The summed E-state index contributed by atoms with van der Waals surface area (Å²) in [7, 11) is 1.54. The largest absolute Gasteiger partial charge is 0.481 e. The molecule has 0 radical (unpaired) electrons. The van der Waals surface area contributed by atoms with Crippen LogP contribution in [-0.4, -0.2) is 35.2 Å². The third kappa shape index (κ3) is 5.35. The van der Waals surface area contributed by atoms with Crippen LogP contribution in [0.15, 0.2) is 0 Å². The van der Waals surface area contributed by atoms with E-state index in [2.05, 4.69) is 5.32 Å². The molecule has 5 heteroatoms. The summed E-state index contributed by atoms with van der Waals surface area (Å²) in [5, 5.41) is 19.2. The van der Waals surface area contributed by atoms with Gasteiger partial charge >= 0.3 is 11.9 Å². The van der Waals surface area contributed by atoms with Crippen molar-refractivity contribution in [3.63, 3.8) is 0 Å². The van der Waals surface area contributed by atoms with Gasteiger partial charge < -0.3 is 15.5 Å². The van der Waals surface area contributed by atoms with Gasteiger partial charge in [-0.3, -0.25) is 9.59 Å². The molecular formula is C6H11NO4. The van der Waals surface area contributed by atoms with Crippen molar-refractivity contribution in [3.8, 4) is 0 Å². The van der Waals surface area contributed by atoms with E-state index in [1.54, 1.807) is 0 Å². The van der Waals surface area contributed by atoms with Crippen LogP contribution in [0.2, 0.25) is 0 Å². The molecular weight excluding hydrogens is 150 g/mol. The van der Waals surface area contributed by atoms with Crippen molar-refractivity contribution >= 4 is 11.9 Å². The van der Waals surface area contributed by atoms with E-state index in [1.807, 2.05) is 0 Å². The van der Waals surface area contributed by atoms with Crippen LogP contribution in [0.3, 0.4) is 0 Å². The number of aliphatic carboxylic acids is 2. The highest BCUT2D eigenvalue weighted by atomic mass is 16.4. The standard InChI is InChI=1S/C6H11NO4/c1-7-4(2-5(8)9)3-6(10)11/h4,7H,2-3H2,1H3,(H,8,9)(H,10,11). The summed E-state index contributed by atoms with van der Waals surface area (Å²) >= 11 is 0. The van der Waals surface area contributed by atoms with Gasteiger partial charge in [0, 0.05) is 6.04 Å². The second kappa shape index (κ2) is 4.68. The van der Waals surface area contributed by atoms with E-state index < -0.39 is 18.0 Å². The maximum absolute atomic E-state index is 10.1. The topological polar surface area (TPSA) is 86.6 Å². The molecule has 0 unspecified atom stereocenters. The minimum Gasteiger partial charge on any atom is -0.481 e. The van der Waals surface area contributed by atoms with Gasteiger partial charge in [-0.2, -0.15) is 0 Å². The molecule has 0 fully saturated rings. The number of carboxylic acid groups (broad SMARTS) is 2. The Labute approximate surface area is 64.0 Å². The lowest BCUT2D eigenvalue weighted by Crippen LogP contribution is -2.30. The fourth-order valence-electron chi connectivity index (χ4n) is 0.698. The van der Waals surface area contributed by atoms with Gasteiger partial charge in [0.25, 0.3) is 0 Å². The average Bonchev–Trinajstić information content (AvgIpc) is 1.84. The van der Waals surface area contributed by atoms with Crippen molar-refractivity contribution in [1.29, 1.82) is 0 Å². The van der Waals surface area contributed by atoms with Crippen LogP contribution in [-0.2, 0) is 9.59 Å². The highest BCUT2D eigenvalue weighted by Crippen LogP contribution is 1.96. The molecule has 0 heterocycles. The van der Waals surface area contributed by atoms with Gasteiger partial charge in [-0.25, -0.2) is 0 Å². The minimum absolute atomic E-state index is 0.164. The smallest absolute Gasteiger partial charge is 0.304 e. The Hall–Kier alpha value is -1.10. The number of carboxylic acids is 2. The van der Waals surface area contributed by atoms with Gasteiger partial charge in [-0.1, -0.05) is 0 Å². The molecule has 0 aromatic rings. The zero-order chi connectivity index (χ0) is 8.85. The second-order valence-corrected chi connectivity index (χ2v) is 2.18. The molecule has 0 saturated heterocycles. The van der Waals surface area contributed by atoms with E-state index in [4.69, 9.17) is 10.2 Å². The summed E-state index contributed by atoms with van der Waals surface area (Å²) in [6.07, 6.45) is -0.328. The van der Waals surface area contributed by atoms with Crippen LogP contribution < -0.4 is 5.32 Å². The first-order valence-corrected chi connectivity index (χ1v) is 3.17. The van der Waals surface area contributed by atoms with E-state index in [9.17, 15) is 9.59 Å². The Balaban J connectivity index is 3.76. The van der Waals surface area contributed by atoms with Crippen molar-refractivity contribution in [2.75, 3.05) is 7.05 Å². The monoisotopic (exact) mass is 161 g/mol. The van der Waals surface area contributed by atoms with E-state index in [0.717, 1.165) is 0 Å². The molecule has 0 atom stereocenters. The van der Waals surface area contributed by atoms with Crippen LogP contribution in [0.5, 0.6) is 0 Å². The molecule has 0 aliphatic carbocycles. The van der Waals surface area contributed by atoms with E-state index in [1.165, 1.54) is 7.05 Å². The molecule has 0 aliphatic heterocycles. The van der Waals surface area contributed by atoms with Crippen LogP contribution in [0, 0.1) is 0 Å². The number of rotatable bonds is 5. The van der Waals surface area contributed by atoms with Crippen molar-refractivity contribution < 1.29 is 19.8 Å². The lowest BCUT2D eigenvalue weighted by molar-refractivity contribution is -0.139. The van der Waals surface area contributed by atoms with Crippen molar-refractivity contribution in [2.24, 2.45) is 0 Å². The van der Waals surface area contributed by atoms with Crippen molar-refractivity contribution in [1.82, 2.24) is 5.32 Å². The Morgan fingerprint density at radius 2 is 1.64 bits per heavy atom. The van der Waals surface area contributed by atoms with Gasteiger partial charge in [0.15, 0.2) is 0 Å². The van der Waals surface area contributed by atoms with Crippen molar-refractivity contribution in [2.45, 2.75) is 18.9 Å². The molecule has 64 valence electrons. The molecule has 0 rings (SSSR count). The Bertz CT molecular complexity index is 141. The fraction of sp³-hybridized carbons (Fsp3) is 0.667. The summed E-state index contributed by atoms with van der Waals surface area (Å²) in [4.78, 5) is 20.2. The lowest BCUT2D eigenvalue weighted by atomic mass is 10.1. The molecule has 0 aromatic carbocycles. The quantitative estimate of drug-likeness (QED) is 0.507. The van der Waals surface area contributed by atoms with Crippen molar-refractivity contribution in [3.05, 3.63) is 0 Å². The van der Waals surface area contributed by atoms with Crippen LogP contribution in [0.1, 0.15) is 12.8 Å². The second-order valence-electron chi connectivity index (χ2n) is 2.18. The van der Waals surface area contributed by atoms with Crippen LogP contribution in [0.4, 0.5) is 0 Å². The number of nitrogens with one attached hydrogen (secondary N) is 1. The Kier molecular flexibility index (Phi) is 4.21. The fourth-order valence-corrected chi connectivity index (χ4v) is 0.698. The highest BCUT2D eigenvalue weighted by Gasteiger charge is 2.13. The molecule has 0 amide bonds. The predicted octanol–water partition coefficient (Wildman–Crippen LogP) is -0.476. The summed E-state index contributed by atoms with van der Waals surface area (Å²) in [5.74, 6) is -1.99. The summed E-state index contributed by atoms with van der Waals surface area (Å²) in [5.41, 5.74) is 0. The molecule has 0 saturated carbocycles. The lowest BCUT2D eigenvalue weighted by Gasteiger charge is -2.09. The molecule has 3 N–H and O–H groups in total.